The molecule has 0 bridgehead atoms. The number of thiocarbonyl (C=S) groups is 1. The molecule has 0 aliphatic heterocycles. The normalized spacial score (nSPS) is 14.8. The molecule has 0 aromatic heterocycles. The molecule has 0 amide bonds. The first-order chi connectivity index (χ1) is 17.6. The SMILES string of the molecule is CCO[Si](CCC(C)CC(=S)OC(C[Si](OCC)(OCC)OCC)C(C)CCC(=O)S)(OCC)OCC. The van der Waals surface area contributed by atoms with Crippen LogP contribution in [0.15, 0.2) is 0 Å². The molecule has 0 aromatic carbocycles. The van der Waals surface area contributed by atoms with Gasteiger partial charge in [0.15, 0.2) is 10.2 Å². The Balaban J connectivity index is 5.47. The number of hydrogen-bond donors (Lipinski definition) is 1. The Bertz CT molecular complexity index is 595. The monoisotopic (exact) mass is 600 g/mol. The van der Waals surface area contributed by atoms with Crippen molar-refractivity contribution < 1.29 is 36.1 Å². The fourth-order valence-electron chi connectivity index (χ4n) is 4.13. The number of hydrogen-bond acceptors (Lipinski definition) is 9. The largest absolute Gasteiger partial charge is 0.504 e. The Kier molecular flexibility index (Phi) is 21.0. The fraction of sp³-hybridized carbons (Fsp3) is 0.920. The Morgan fingerprint density at radius 3 is 1.59 bits per heavy atom. The van der Waals surface area contributed by atoms with E-state index in [1.54, 1.807) is 0 Å². The third kappa shape index (κ3) is 15.5. The van der Waals surface area contributed by atoms with E-state index in [0.29, 0.717) is 70.0 Å². The molecular formula is C25H52O8S2Si2. The van der Waals surface area contributed by atoms with Gasteiger partial charge in [0.25, 0.3) is 0 Å². The summed E-state index contributed by atoms with van der Waals surface area (Å²) in [5.74, 6) is 0.287. The van der Waals surface area contributed by atoms with E-state index < -0.39 is 17.6 Å². The summed E-state index contributed by atoms with van der Waals surface area (Å²) < 4.78 is 42.6. The van der Waals surface area contributed by atoms with E-state index in [1.165, 1.54) is 0 Å². The fourth-order valence-corrected chi connectivity index (χ4v) is 10.4. The minimum atomic E-state index is -2.98. The third-order valence-corrected chi connectivity index (χ3v) is 12.5. The average molecular weight is 601 g/mol. The molecule has 37 heavy (non-hydrogen) atoms. The Labute approximate surface area is 238 Å². The second-order valence-electron chi connectivity index (χ2n) is 8.95. The third-order valence-electron chi connectivity index (χ3n) is 5.83. The van der Waals surface area contributed by atoms with Gasteiger partial charge in [-0.25, -0.2) is 0 Å². The molecule has 3 unspecified atom stereocenters. The molecule has 0 rings (SSSR count). The summed E-state index contributed by atoms with van der Waals surface area (Å²) in [6, 6.07) is 1.19. The summed E-state index contributed by atoms with van der Waals surface area (Å²) in [4.78, 5) is 11.5. The second kappa shape index (κ2) is 20.9. The topological polar surface area (TPSA) is 81.7 Å². The van der Waals surface area contributed by atoms with Crippen LogP contribution < -0.4 is 0 Å². The summed E-state index contributed by atoms with van der Waals surface area (Å²) in [7, 11) is -5.69. The molecule has 0 radical (unpaired) electrons. The first-order valence-electron chi connectivity index (χ1n) is 13.8. The van der Waals surface area contributed by atoms with Crippen LogP contribution in [0.25, 0.3) is 0 Å². The van der Waals surface area contributed by atoms with Gasteiger partial charge in [-0.1, -0.05) is 13.8 Å². The molecule has 0 fully saturated rings. The summed E-state index contributed by atoms with van der Waals surface area (Å²) in [5, 5.41) is 0.390. The molecule has 0 spiro atoms. The molecule has 3 atom stereocenters. The van der Waals surface area contributed by atoms with E-state index in [1.807, 2.05) is 41.5 Å². The van der Waals surface area contributed by atoms with Crippen molar-refractivity contribution in [2.75, 3.05) is 39.6 Å². The molecular weight excluding hydrogens is 549 g/mol. The lowest BCUT2D eigenvalue weighted by Crippen LogP contribution is -2.50. The molecule has 0 aliphatic carbocycles. The van der Waals surface area contributed by atoms with Crippen molar-refractivity contribution >= 4 is 52.6 Å². The van der Waals surface area contributed by atoms with Crippen LogP contribution in [0.1, 0.15) is 81.1 Å². The van der Waals surface area contributed by atoms with E-state index in [9.17, 15) is 4.79 Å². The van der Waals surface area contributed by atoms with Crippen LogP contribution in [0, 0.1) is 11.8 Å². The van der Waals surface area contributed by atoms with Crippen LogP contribution in [0.4, 0.5) is 0 Å². The molecule has 0 saturated heterocycles. The molecule has 8 nitrogen and oxygen atoms in total. The Morgan fingerprint density at radius 2 is 1.19 bits per heavy atom. The highest BCUT2D eigenvalue weighted by Gasteiger charge is 2.45. The minimum Gasteiger partial charge on any atom is -0.484 e. The van der Waals surface area contributed by atoms with E-state index in [-0.39, 0.29) is 23.1 Å². The van der Waals surface area contributed by atoms with Crippen LogP contribution in [0.5, 0.6) is 0 Å². The number of thiol groups is 1. The van der Waals surface area contributed by atoms with Crippen molar-refractivity contribution in [1.82, 2.24) is 0 Å². The van der Waals surface area contributed by atoms with Gasteiger partial charge in [0.2, 0.25) is 0 Å². The van der Waals surface area contributed by atoms with Crippen molar-refractivity contribution in [3.05, 3.63) is 0 Å². The van der Waals surface area contributed by atoms with Crippen LogP contribution >= 0.6 is 24.8 Å². The molecule has 12 heteroatoms. The second-order valence-corrected chi connectivity index (χ2v) is 15.3. The van der Waals surface area contributed by atoms with E-state index in [2.05, 4.69) is 26.5 Å². The van der Waals surface area contributed by atoms with Gasteiger partial charge in [0.1, 0.15) is 6.10 Å². The zero-order chi connectivity index (χ0) is 28.3. The predicted molar refractivity (Wildman–Crippen MR) is 159 cm³/mol. The summed E-state index contributed by atoms with van der Waals surface area (Å²) >= 11 is 9.65. The van der Waals surface area contributed by atoms with Gasteiger partial charge >= 0.3 is 17.6 Å². The van der Waals surface area contributed by atoms with Gasteiger partial charge in [0, 0.05) is 58.5 Å². The van der Waals surface area contributed by atoms with Crippen molar-refractivity contribution in [2.45, 2.75) is 99.3 Å². The van der Waals surface area contributed by atoms with E-state index >= 15 is 0 Å². The van der Waals surface area contributed by atoms with Crippen molar-refractivity contribution in [3.63, 3.8) is 0 Å². The van der Waals surface area contributed by atoms with Gasteiger partial charge in [-0.3, -0.25) is 4.79 Å². The lowest BCUT2D eigenvalue weighted by molar-refractivity contribution is -0.111. The highest BCUT2D eigenvalue weighted by Crippen LogP contribution is 2.29. The van der Waals surface area contributed by atoms with Crippen molar-refractivity contribution in [2.24, 2.45) is 11.8 Å². The van der Waals surface area contributed by atoms with Crippen molar-refractivity contribution in [3.8, 4) is 0 Å². The van der Waals surface area contributed by atoms with Crippen LogP contribution in [0.3, 0.4) is 0 Å². The number of rotatable bonds is 24. The maximum absolute atomic E-state index is 11.5. The van der Waals surface area contributed by atoms with Crippen molar-refractivity contribution in [1.29, 1.82) is 0 Å². The lowest BCUT2D eigenvalue weighted by atomic mass is 10.00. The van der Waals surface area contributed by atoms with Crippen LogP contribution in [-0.2, 0) is 36.1 Å². The van der Waals surface area contributed by atoms with Gasteiger partial charge in [-0.05, 0) is 78.4 Å². The number of carbonyl (C=O) groups is 1. The highest BCUT2D eigenvalue weighted by atomic mass is 32.1. The molecule has 0 saturated carbocycles. The number of carbonyl (C=O) groups excluding carboxylic acids is 1. The predicted octanol–water partition coefficient (Wildman–Crippen LogP) is 6.08. The maximum atomic E-state index is 11.5. The van der Waals surface area contributed by atoms with E-state index in [0.717, 1.165) is 12.5 Å². The minimum absolute atomic E-state index is 0.0338. The standard InChI is InChI=1S/C25H52O8S2Si2/c1-9-27-36(28-10-2,29-11-3)18-17-21(7)19-25(35)33-23(22(8)15-16-24(26)34)20-37(30-12-4,31-13-5)32-14-6/h21-23H,9-20H2,1-8H3,(H,26,34). The summed E-state index contributed by atoms with van der Waals surface area (Å²) in [6.07, 6.45) is 2.15. The Hall–Kier alpha value is 0.104. The smallest absolute Gasteiger partial charge is 0.484 e. The first kappa shape index (κ1) is 37.1. The highest BCUT2D eigenvalue weighted by molar-refractivity contribution is 7.96. The molecule has 0 heterocycles. The Morgan fingerprint density at radius 1 is 0.757 bits per heavy atom. The zero-order valence-corrected chi connectivity index (χ0v) is 28.0. The van der Waals surface area contributed by atoms with E-state index in [4.69, 9.17) is 43.5 Å². The quantitative estimate of drug-likeness (QED) is 0.0805. The average Bonchev–Trinajstić information content (AvgIpc) is 2.82. The number of ether oxygens (including phenoxy) is 1. The summed E-state index contributed by atoms with van der Waals surface area (Å²) in [6.45, 7) is 19.0. The van der Waals surface area contributed by atoms with Gasteiger partial charge in [-0.2, -0.15) is 0 Å². The first-order valence-corrected chi connectivity index (χ1v) is 18.5. The van der Waals surface area contributed by atoms with Gasteiger partial charge in [0.05, 0.1) is 6.04 Å². The molecule has 0 aromatic rings. The van der Waals surface area contributed by atoms with Crippen LogP contribution in [0.2, 0.25) is 12.1 Å². The lowest BCUT2D eigenvalue weighted by Gasteiger charge is -2.34. The zero-order valence-electron chi connectivity index (χ0n) is 24.3. The molecule has 0 N–H and O–H groups in total. The summed E-state index contributed by atoms with van der Waals surface area (Å²) in [5.41, 5.74) is 0. The van der Waals surface area contributed by atoms with Crippen LogP contribution in [-0.4, -0.2) is 73.5 Å². The molecule has 220 valence electrons. The van der Waals surface area contributed by atoms with Gasteiger partial charge < -0.3 is 31.3 Å². The maximum Gasteiger partial charge on any atom is 0.504 e. The molecule has 0 aliphatic rings. The van der Waals surface area contributed by atoms with Gasteiger partial charge in [-0.15, -0.1) is 12.6 Å².